The lowest BCUT2D eigenvalue weighted by atomic mass is 10.1. The van der Waals surface area contributed by atoms with Crippen LogP contribution in [0.4, 0.5) is 0 Å². The van der Waals surface area contributed by atoms with Crippen LogP contribution >= 0.6 is 0 Å². The summed E-state index contributed by atoms with van der Waals surface area (Å²) in [7, 11) is 1.95. The molecule has 1 heterocycles. The minimum atomic E-state index is -0.301. The third kappa shape index (κ3) is 5.23. The zero-order valence-electron chi connectivity index (χ0n) is 13.7. The lowest BCUT2D eigenvalue weighted by Gasteiger charge is -2.03. The Labute approximate surface area is 137 Å². The maximum absolute atomic E-state index is 11.6. The summed E-state index contributed by atoms with van der Waals surface area (Å²) >= 11 is 0. The summed E-state index contributed by atoms with van der Waals surface area (Å²) in [5, 5.41) is 6.46. The van der Waals surface area contributed by atoms with Gasteiger partial charge in [0.25, 0.3) is 0 Å². The van der Waals surface area contributed by atoms with E-state index in [-0.39, 0.29) is 5.97 Å². The van der Waals surface area contributed by atoms with Crippen molar-refractivity contribution in [2.24, 2.45) is 0 Å². The number of hydrogen-bond acceptors (Lipinski definition) is 5. The Morgan fingerprint density at radius 3 is 2.61 bits per heavy atom. The zero-order valence-corrected chi connectivity index (χ0v) is 13.7. The highest BCUT2D eigenvalue weighted by Gasteiger charge is 2.08. The number of ether oxygens (including phenoxy) is 1. The van der Waals surface area contributed by atoms with Gasteiger partial charge in [-0.25, -0.2) is 4.79 Å². The highest BCUT2D eigenvalue weighted by molar-refractivity contribution is 5.89. The third-order valence-electron chi connectivity index (χ3n) is 3.42. The molecule has 1 aromatic heterocycles. The summed E-state index contributed by atoms with van der Waals surface area (Å²) in [5.74, 6) is 1.40. The van der Waals surface area contributed by atoms with Crippen molar-refractivity contribution in [3.63, 3.8) is 0 Å². The molecule has 124 valence electrons. The Bertz CT molecular complexity index is 605. The summed E-state index contributed by atoms with van der Waals surface area (Å²) in [6.07, 6.45) is 1.08. The molecule has 0 aliphatic rings. The van der Waals surface area contributed by atoms with Gasteiger partial charge in [-0.05, 0) is 57.7 Å². The molecule has 5 nitrogen and oxygen atoms in total. The molecule has 23 heavy (non-hydrogen) atoms. The predicted octanol–water partition coefficient (Wildman–Crippen LogP) is 2.82. The molecular weight excluding hydrogens is 292 g/mol. The molecule has 1 aromatic carbocycles. The minimum absolute atomic E-state index is 0.301. The molecule has 0 bridgehead atoms. The first-order valence-electron chi connectivity index (χ1n) is 7.96. The van der Waals surface area contributed by atoms with Crippen molar-refractivity contribution >= 4 is 5.97 Å². The summed E-state index contributed by atoms with van der Waals surface area (Å²) in [6.45, 7) is 4.84. The molecule has 2 aromatic rings. The molecule has 0 spiro atoms. The lowest BCUT2D eigenvalue weighted by molar-refractivity contribution is 0.0526. The highest BCUT2D eigenvalue weighted by atomic mass is 16.5. The lowest BCUT2D eigenvalue weighted by Crippen LogP contribution is -2.19. The molecule has 0 unspecified atom stereocenters. The second-order valence-corrected chi connectivity index (χ2v) is 5.20. The first kappa shape index (κ1) is 17.2. The molecule has 0 atom stereocenters. The van der Waals surface area contributed by atoms with E-state index in [1.807, 2.05) is 31.3 Å². The summed E-state index contributed by atoms with van der Waals surface area (Å²) in [4.78, 5) is 11.6. The van der Waals surface area contributed by atoms with E-state index in [9.17, 15) is 4.79 Å². The summed E-state index contributed by atoms with van der Waals surface area (Å²) < 4.78 is 10.8. The van der Waals surface area contributed by atoms with Crippen LogP contribution in [0, 0.1) is 0 Å². The molecule has 0 radical (unpaired) electrons. The number of nitrogens with one attached hydrogen (secondary N) is 2. The van der Waals surface area contributed by atoms with Gasteiger partial charge in [0.2, 0.25) is 0 Å². The van der Waals surface area contributed by atoms with E-state index in [2.05, 4.69) is 10.6 Å². The molecule has 0 amide bonds. The van der Waals surface area contributed by atoms with Gasteiger partial charge in [0.15, 0.2) is 0 Å². The maximum Gasteiger partial charge on any atom is 0.338 e. The van der Waals surface area contributed by atoms with Crippen LogP contribution in [0.15, 0.2) is 40.8 Å². The summed E-state index contributed by atoms with van der Waals surface area (Å²) in [5.41, 5.74) is 1.49. The minimum Gasteiger partial charge on any atom is -0.462 e. The average Bonchev–Trinajstić information content (AvgIpc) is 3.04. The Kier molecular flexibility index (Phi) is 6.84. The van der Waals surface area contributed by atoms with Crippen molar-refractivity contribution in [1.82, 2.24) is 10.6 Å². The Morgan fingerprint density at radius 2 is 1.91 bits per heavy atom. The van der Waals surface area contributed by atoms with Crippen LogP contribution in [-0.4, -0.2) is 32.7 Å². The van der Waals surface area contributed by atoms with Gasteiger partial charge in [0.05, 0.1) is 18.7 Å². The number of hydrogen-bond donors (Lipinski definition) is 2. The van der Waals surface area contributed by atoms with E-state index in [0.717, 1.165) is 36.6 Å². The van der Waals surface area contributed by atoms with E-state index in [0.29, 0.717) is 18.7 Å². The molecule has 0 saturated heterocycles. The SMILES string of the molecule is CCOC(=O)c1ccc(-c2ccc(CNCCCNC)o2)cc1. The fraction of sp³-hybridized carbons (Fsp3) is 0.389. The molecule has 2 N–H and O–H groups in total. The third-order valence-corrected chi connectivity index (χ3v) is 3.42. The fourth-order valence-corrected chi connectivity index (χ4v) is 2.21. The van der Waals surface area contributed by atoms with Crippen LogP contribution in [-0.2, 0) is 11.3 Å². The molecule has 0 saturated carbocycles. The van der Waals surface area contributed by atoms with Crippen molar-refractivity contribution in [3.8, 4) is 11.3 Å². The van der Waals surface area contributed by atoms with Crippen LogP contribution in [0.2, 0.25) is 0 Å². The largest absolute Gasteiger partial charge is 0.462 e. The first-order valence-corrected chi connectivity index (χ1v) is 7.96. The monoisotopic (exact) mass is 316 g/mol. The van der Waals surface area contributed by atoms with Crippen molar-refractivity contribution in [1.29, 1.82) is 0 Å². The fourth-order valence-electron chi connectivity index (χ4n) is 2.21. The highest BCUT2D eigenvalue weighted by Crippen LogP contribution is 2.22. The van der Waals surface area contributed by atoms with Crippen molar-refractivity contribution in [2.75, 3.05) is 26.7 Å². The van der Waals surface area contributed by atoms with Gasteiger partial charge < -0.3 is 19.8 Å². The maximum atomic E-state index is 11.6. The van der Waals surface area contributed by atoms with Crippen molar-refractivity contribution in [2.45, 2.75) is 19.9 Å². The predicted molar refractivity (Wildman–Crippen MR) is 90.4 cm³/mol. The van der Waals surface area contributed by atoms with Crippen LogP contribution < -0.4 is 10.6 Å². The van der Waals surface area contributed by atoms with Gasteiger partial charge in [-0.15, -0.1) is 0 Å². The van der Waals surface area contributed by atoms with E-state index in [4.69, 9.17) is 9.15 Å². The molecule has 5 heteroatoms. The van der Waals surface area contributed by atoms with Crippen molar-refractivity contribution in [3.05, 3.63) is 47.7 Å². The number of furan rings is 1. The number of esters is 1. The van der Waals surface area contributed by atoms with Gasteiger partial charge in [0.1, 0.15) is 11.5 Å². The molecule has 0 fully saturated rings. The smallest absolute Gasteiger partial charge is 0.338 e. The molecule has 2 rings (SSSR count). The topological polar surface area (TPSA) is 63.5 Å². The molecule has 0 aliphatic carbocycles. The standard InChI is InChI=1S/C18H24N2O3/c1-3-22-18(21)15-7-5-14(6-8-15)17-10-9-16(23-17)13-20-12-4-11-19-2/h5-10,19-20H,3-4,11-13H2,1-2H3. The number of carbonyl (C=O) groups is 1. The average molecular weight is 316 g/mol. The van der Waals surface area contributed by atoms with Gasteiger partial charge in [0, 0.05) is 5.56 Å². The van der Waals surface area contributed by atoms with E-state index in [1.165, 1.54) is 0 Å². The number of benzene rings is 1. The molecule has 0 aliphatic heterocycles. The van der Waals surface area contributed by atoms with Gasteiger partial charge in [-0.2, -0.15) is 0 Å². The van der Waals surface area contributed by atoms with Crippen molar-refractivity contribution < 1.29 is 13.9 Å². The van der Waals surface area contributed by atoms with E-state index < -0.39 is 0 Å². The number of rotatable bonds is 9. The van der Waals surface area contributed by atoms with Gasteiger partial charge >= 0.3 is 5.97 Å². The zero-order chi connectivity index (χ0) is 16.5. The van der Waals surface area contributed by atoms with Gasteiger partial charge in [-0.3, -0.25) is 0 Å². The quantitative estimate of drug-likeness (QED) is 0.550. The van der Waals surface area contributed by atoms with Crippen LogP contribution in [0.25, 0.3) is 11.3 Å². The summed E-state index contributed by atoms with van der Waals surface area (Å²) in [6, 6.07) is 11.2. The second kappa shape index (κ2) is 9.12. The van der Waals surface area contributed by atoms with Crippen LogP contribution in [0.5, 0.6) is 0 Å². The second-order valence-electron chi connectivity index (χ2n) is 5.20. The van der Waals surface area contributed by atoms with E-state index in [1.54, 1.807) is 19.1 Å². The Morgan fingerprint density at radius 1 is 1.13 bits per heavy atom. The van der Waals surface area contributed by atoms with E-state index >= 15 is 0 Å². The van der Waals surface area contributed by atoms with Crippen LogP contribution in [0.1, 0.15) is 29.5 Å². The Balaban J connectivity index is 1.91. The Hall–Kier alpha value is -2.11. The first-order chi connectivity index (χ1) is 11.2. The van der Waals surface area contributed by atoms with Crippen LogP contribution in [0.3, 0.4) is 0 Å². The number of carbonyl (C=O) groups excluding carboxylic acids is 1. The normalized spacial score (nSPS) is 10.7. The molecular formula is C18H24N2O3. The van der Waals surface area contributed by atoms with Gasteiger partial charge in [-0.1, -0.05) is 12.1 Å².